The van der Waals surface area contributed by atoms with Crippen LogP contribution in [0.1, 0.15) is 64.8 Å². The predicted octanol–water partition coefficient (Wildman–Crippen LogP) is 5.00. The van der Waals surface area contributed by atoms with Crippen molar-refractivity contribution in [3.05, 3.63) is 89.2 Å². The van der Waals surface area contributed by atoms with Crippen LogP contribution in [0.25, 0.3) is 11.0 Å². The van der Waals surface area contributed by atoms with Crippen molar-refractivity contribution in [2.24, 2.45) is 0 Å². The molecule has 2 bridgehead atoms. The van der Waals surface area contributed by atoms with Crippen LogP contribution in [-0.4, -0.2) is 98.8 Å². The third-order valence-electron chi connectivity index (χ3n) is 9.50. The van der Waals surface area contributed by atoms with Crippen molar-refractivity contribution in [3.63, 3.8) is 0 Å². The fourth-order valence-electron chi connectivity index (χ4n) is 7.33. The van der Waals surface area contributed by atoms with Gasteiger partial charge in [0.2, 0.25) is 0 Å². The van der Waals surface area contributed by atoms with Crippen LogP contribution in [0, 0.1) is 25.2 Å². The fourth-order valence-corrected chi connectivity index (χ4v) is 7.33. The number of carboxylic acid groups (broad SMARTS) is 3. The number of hydrogen-bond acceptors (Lipinski definition) is 9. The summed E-state index contributed by atoms with van der Waals surface area (Å²) in [5.41, 5.74) is 5.71. The molecule has 3 fully saturated rings. The second-order valence-electron chi connectivity index (χ2n) is 12.6. The number of piperazine rings is 1. The molecule has 1 aromatic heterocycles. The molecule has 258 valence electrons. The SMILES string of the molecule is C=CCN1CCN(c2nc3ccccc3nc2C#N)CC1.Cc1cc(C)c([C@]23CCC[C@H](CC2)N3C)c(C(=O)O)c1.O=C(O)C=CC(=O)O. The average Bonchev–Trinajstić information content (AvgIpc) is 3.23. The summed E-state index contributed by atoms with van der Waals surface area (Å²) in [6.45, 7) is 12.3. The molecule has 0 aliphatic carbocycles. The summed E-state index contributed by atoms with van der Waals surface area (Å²) < 4.78 is 0. The molecular weight excluding hydrogens is 624 g/mol. The molecule has 49 heavy (non-hydrogen) atoms. The van der Waals surface area contributed by atoms with Crippen LogP contribution >= 0.6 is 0 Å². The van der Waals surface area contributed by atoms with Crippen molar-refractivity contribution in [3.8, 4) is 6.07 Å². The molecule has 0 radical (unpaired) electrons. The maximum absolute atomic E-state index is 11.7. The van der Waals surface area contributed by atoms with E-state index < -0.39 is 17.9 Å². The van der Waals surface area contributed by atoms with Gasteiger partial charge in [0, 0.05) is 56.5 Å². The molecular formula is C37H44N6O6. The van der Waals surface area contributed by atoms with Gasteiger partial charge >= 0.3 is 17.9 Å². The van der Waals surface area contributed by atoms with Crippen LogP contribution in [0.15, 0.2) is 61.2 Å². The third-order valence-corrected chi connectivity index (χ3v) is 9.50. The van der Waals surface area contributed by atoms with Crippen LogP contribution < -0.4 is 4.90 Å². The van der Waals surface area contributed by atoms with Crippen molar-refractivity contribution >= 4 is 34.8 Å². The average molecular weight is 669 g/mol. The molecule has 3 aliphatic rings. The Morgan fingerprint density at radius 2 is 1.61 bits per heavy atom. The van der Waals surface area contributed by atoms with E-state index in [4.69, 9.17) is 10.2 Å². The molecule has 4 heterocycles. The van der Waals surface area contributed by atoms with Crippen molar-refractivity contribution in [2.45, 2.75) is 57.5 Å². The Morgan fingerprint density at radius 3 is 2.18 bits per heavy atom. The number of aryl methyl sites for hydroxylation is 2. The molecule has 0 amide bonds. The summed E-state index contributed by atoms with van der Waals surface area (Å²) in [6.07, 6.45) is 8.88. The highest BCUT2D eigenvalue weighted by Gasteiger charge is 2.49. The summed E-state index contributed by atoms with van der Waals surface area (Å²) in [6, 6.07) is 14.4. The molecule has 12 heteroatoms. The molecule has 0 spiro atoms. The summed E-state index contributed by atoms with van der Waals surface area (Å²) in [7, 11) is 2.18. The zero-order chi connectivity index (χ0) is 35.7. The number of aliphatic carboxylic acids is 2. The first-order valence-corrected chi connectivity index (χ1v) is 16.4. The van der Waals surface area contributed by atoms with Gasteiger partial charge in [0.05, 0.1) is 16.6 Å². The van der Waals surface area contributed by atoms with Crippen molar-refractivity contribution in [2.75, 3.05) is 44.7 Å². The van der Waals surface area contributed by atoms with E-state index in [0.29, 0.717) is 35.3 Å². The van der Waals surface area contributed by atoms with Crippen LogP contribution in [0.5, 0.6) is 0 Å². The first-order chi connectivity index (χ1) is 23.4. The molecule has 6 rings (SSSR count). The van der Waals surface area contributed by atoms with E-state index in [9.17, 15) is 24.8 Å². The minimum absolute atomic E-state index is 0.0472. The van der Waals surface area contributed by atoms with Gasteiger partial charge in [-0.2, -0.15) is 5.26 Å². The number of nitrogens with zero attached hydrogens (tertiary/aromatic N) is 6. The van der Waals surface area contributed by atoms with E-state index in [2.05, 4.69) is 57.4 Å². The van der Waals surface area contributed by atoms with E-state index >= 15 is 0 Å². The number of aromatic nitrogens is 2. The fraction of sp³-hybridized carbons (Fsp3) is 0.405. The maximum Gasteiger partial charge on any atom is 0.336 e. The number of hydrogen-bond donors (Lipinski definition) is 3. The lowest BCUT2D eigenvalue weighted by Gasteiger charge is -2.44. The lowest BCUT2D eigenvalue weighted by molar-refractivity contribution is -0.134. The van der Waals surface area contributed by atoms with Crippen LogP contribution in [0.3, 0.4) is 0 Å². The van der Waals surface area contributed by atoms with Gasteiger partial charge in [0.25, 0.3) is 0 Å². The minimum Gasteiger partial charge on any atom is -0.478 e. The van der Waals surface area contributed by atoms with Gasteiger partial charge in [-0.15, -0.1) is 6.58 Å². The number of carboxylic acids is 3. The maximum atomic E-state index is 11.7. The first kappa shape index (κ1) is 36.7. The lowest BCUT2D eigenvalue weighted by Crippen LogP contribution is -2.47. The molecule has 3 aliphatic heterocycles. The number of rotatable bonds is 7. The van der Waals surface area contributed by atoms with Gasteiger partial charge in [-0.3, -0.25) is 9.80 Å². The molecule has 3 N–H and O–H groups in total. The Labute approximate surface area is 286 Å². The summed E-state index contributed by atoms with van der Waals surface area (Å²) >= 11 is 0. The highest BCUT2D eigenvalue weighted by Crippen LogP contribution is 2.51. The number of benzene rings is 2. The molecule has 3 aromatic rings. The molecule has 0 unspecified atom stereocenters. The Bertz CT molecular complexity index is 1760. The number of carbonyl (C=O) groups is 3. The highest BCUT2D eigenvalue weighted by atomic mass is 16.4. The largest absolute Gasteiger partial charge is 0.478 e. The van der Waals surface area contributed by atoms with E-state index in [-0.39, 0.29) is 5.54 Å². The smallest absolute Gasteiger partial charge is 0.336 e. The molecule has 2 aromatic carbocycles. The predicted molar refractivity (Wildman–Crippen MR) is 187 cm³/mol. The number of fused-ring (bicyclic) bond motifs is 3. The van der Waals surface area contributed by atoms with Gasteiger partial charge in [-0.25, -0.2) is 24.4 Å². The van der Waals surface area contributed by atoms with E-state index in [0.717, 1.165) is 73.3 Å². The second-order valence-corrected chi connectivity index (χ2v) is 12.6. The summed E-state index contributed by atoms with van der Waals surface area (Å²) in [5, 5.41) is 34.6. The lowest BCUT2D eigenvalue weighted by atomic mass is 9.77. The normalized spacial score (nSPS) is 20.4. The van der Waals surface area contributed by atoms with E-state index in [1.807, 2.05) is 43.3 Å². The van der Waals surface area contributed by atoms with Gasteiger partial charge < -0.3 is 20.2 Å². The highest BCUT2D eigenvalue weighted by molar-refractivity contribution is 5.91. The number of para-hydroxylation sites is 2. The molecule has 0 saturated carbocycles. The number of piperidine rings is 1. The van der Waals surface area contributed by atoms with Gasteiger partial charge in [-0.1, -0.05) is 24.3 Å². The quantitative estimate of drug-likeness (QED) is 0.228. The Balaban J connectivity index is 0.000000182. The third kappa shape index (κ3) is 8.68. The number of aromatic carboxylic acids is 1. The van der Waals surface area contributed by atoms with Gasteiger partial charge in [0.1, 0.15) is 6.07 Å². The number of anilines is 1. The molecule has 3 saturated heterocycles. The van der Waals surface area contributed by atoms with E-state index in [1.165, 1.54) is 19.3 Å². The minimum atomic E-state index is -1.26. The molecule has 2 atom stereocenters. The monoisotopic (exact) mass is 668 g/mol. The summed E-state index contributed by atoms with van der Waals surface area (Å²) in [5.74, 6) is -2.60. The van der Waals surface area contributed by atoms with Crippen LogP contribution in [0.2, 0.25) is 0 Å². The van der Waals surface area contributed by atoms with Crippen LogP contribution in [-0.2, 0) is 15.1 Å². The Kier molecular flexibility index (Phi) is 12.2. The van der Waals surface area contributed by atoms with Crippen molar-refractivity contribution in [1.82, 2.24) is 19.8 Å². The number of nitriles is 1. The zero-order valence-electron chi connectivity index (χ0n) is 28.3. The standard InChI is InChI=1S/C17H23NO2.C16H17N5.C4H4O4/c1-11-9-12(2)15(14(10-11)16(19)20)17-7-4-5-13(6-8-17)18(17)3;1-2-7-20-8-10-21(11-9-20)16-15(12-17)18-13-5-3-4-6-14(13)19-16;5-3(6)1-2-4(7)8/h9-10,13H,4-8H2,1-3H3,(H,19,20);2-6H,1,7-11H2;1-2H,(H,5,6)(H,7,8)/t13-,17+;;/m1../s1. The van der Waals surface area contributed by atoms with Crippen molar-refractivity contribution < 1.29 is 29.7 Å². The topological polar surface area (TPSA) is 171 Å². The van der Waals surface area contributed by atoms with Gasteiger partial charge in [0.15, 0.2) is 11.5 Å². The van der Waals surface area contributed by atoms with Crippen molar-refractivity contribution in [1.29, 1.82) is 5.26 Å². The molecule has 12 nitrogen and oxygen atoms in total. The Morgan fingerprint density at radius 1 is 0.980 bits per heavy atom. The first-order valence-electron chi connectivity index (χ1n) is 16.4. The zero-order valence-corrected chi connectivity index (χ0v) is 28.3. The second kappa shape index (κ2) is 16.3. The van der Waals surface area contributed by atoms with Gasteiger partial charge in [-0.05, 0) is 87.9 Å². The Hall–Kier alpha value is -5.12. The summed E-state index contributed by atoms with van der Waals surface area (Å²) in [4.78, 5) is 46.9. The van der Waals surface area contributed by atoms with Crippen LogP contribution in [0.4, 0.5) is 5.82 Å². The van der Waals surface area contributed by atoms with E-state index in [1.54, 1.807) is 0 Å².